The van der Waals surface area contributed by atoms with Gasteiger partial charge in [-0.25, -0.2) is 0 Å². The second kappa shape index (κ2) is 8.95. The van der Waals surface area contributed by atoms with E-state index in [0.717, 1.165) is 44.5 Å². The van der Waals surface area contributed by atoms with Crippen molar-refractivity contribution in [3.8, 4) is 0 Å². The third kappa shape index (κ3) is 4.55. The molecule has 5 nitrogen and oxygen atoms in total. The Kier molecular flexibility index (Phi) is 6.33. The summed E-state index contributed by atoms with van der Waals surface area (Å²) in [6.45, 7) is 4.50. The average Bonchev–Trinajstić information content (AvgIpc) is 3.23. The predicted octanol–water partition coefficient (Wildman–Crippen LogP) is 4.77. The van der Waals surface area contributed by atoms with Gasteiger partial charge in [-0.15, -0.1) is 0 Å². The fraction of sp³-hybridized carbons (Fsp3) is 0.708. The van der Waals surface area contributed by atoms with Crippen LogP contribution in [-0.4, -0.2) is 41.8 Å². The zero-order valence-corrected chi connectivity index (χ0v) is 17.7. The minimum Gasteiger partial charge on any atom is -0.468 e. The Morgan fingerprint density at radius 3 is 2.38 bits per heavy atom. The van der Waals surface area contributed by atoms with Crippen LogP contribution in [0.15, 0.2) is 27.8 Å². The number of carbonyl (C=O) groups is 2. The lowest BCUT2D eigenvalue weighted by Gasteiger charge is -2.41. The summed E-state index contributed by atoms with van der Waals surface area (Å²) in [6, 6.07) is 4.01. The largest absolute Gasteiger partial charge is 0.468 e. The van der Waals surface area contributed by atoms with Crippen molar-refractivity contribution in [2.75, 3.05) is 19.6 Å². The molecule has 0 aromatic carbocycles. The third-order valence-electron chi connectivity index (χ3n) is 7.29. The van der Waals surface area contributed by atoms with Gasteiger partial charge in [-0.3, -0.25) is 19.5 Å². The van der Waals surface area contributed by atoms with Gasteiger partial charge in [-0.05, 0) is 63.2 Å². The van der Waals surface area contributed by atoms with Gasteiger partial charge in [0.05, 0.1) is 18.8 Å². The number of hydrogen-bond acceptors (Lipinski definition) is 5. The van der Waals surface area contributed by atoms with E-state index in [1.807, 2.05) is 19.1 Å². The van der Waals surface area contributed by atoms with Crippen LogP contribution in [0.2, 0.25) is 0 Å². The van der Waals surface area contributed by atoms with E-state index >= 15 is 0 Å². The van der Waals surface area contributed by atoms with Gasteiger partial charge in [-0.1, -0.05) is 25.7 Å². The number of Topliss-reactive ketones (excluding diaryl/α,β-unsaturated/α-hetero) is 2. The lowest BCUT2D eigenvalue weighted by atomic mass is 9.62. The highest BCUT2D eigenvalue weighted by Gasteiger charge is 2.46. The summed E-state index contributed by atoms with van der Waals surface area (Å²) in [5, 5.41) is 0. The van der Waals surface area contributed by atoms with Crippen LogP contribution in [0.3, 0.4) is 0 Å². The molecular weight excluding hydrogens is 364 g/mol. The first kappa shape index (κ1) is 20.5. The van der Waals surface area contributed by atoms with Crippen LogP contribution in [0.5, 0.6) is 0 Å². The fourth-order valence-corrected chi connectivity index (χ4v) is 5.72. The molecule has 1 spiro atoms. The Morgan fingerprint density at radius 2 is 1.76 bits per heavy atom. The molecule has 2 heterocycles. The van der Waals surface area contributed by atoms with Gasteiger partial charge in [-0.2, -0.15) is 0 Å². The minimum atomic E-state index is -0.624. The molecule has 2 aliphatic carbocycles. The molecule has 3 fully saturated rings. The van der Waals surface area contributed by atoms with E-state index in [2.05, 4.69) is 4.90 Å². The molecule has 4 rings (SSSR count). The van der Waals surface area contributed by atoms with E-state index in [9.17, 15) is 9.59 Å². The van der Waals surface area contributed by atoms with E-state index in [0.29, 0.717) is 25.1 Å². The van der Waals surface area contributed by atoms with Crippen molar-refractivity contribution in [1.29, 1.82) is 0 Å². The molecule has 2 saturated carbocycles. The zero-order chi connectivity index (χ0) is 20.3. The maximum absolute atomic E-state index is 13.0. The van der Waals surface area contributed by atoms with Crippen LogP contribution >= 0.6 is 0 Å². The number of furan rings is 1. The van der Waals surface area contributed by atoms with Gasteiger partial charge in [0, 0.05) is 18.6 Å². The van der Waals surface area contributed by atoms with Crippen molar-refractivity contribution in [2.45, 2.75) is 77.2 Å². The van der Waals surface area contributed by atoms with Crippen LogP contribution in [0.25, 0.3) is 0 Å². The zero-order valence-electron chi connectivity index (χ0n) is 17.7. The molecule has 158 valence electrons. The van der Waals surface area contributed by atoms with Crippen LogP contribution in [0, 0.1) is 11.3 Å². The maximum atomic E-state index is 13.0. The number of aliphatic imine (C=N–C) groups is 1. The average molecular weight is 399 g/mol. The second-order valence-corrected chi connectivity index (χ2v) is 9.39. The Balaban J connectivity index is 1.46. The Labute approximate surface area is 173 Å². The smallest absolute Gasteiger partial charge is 0.149 e. The van der Waals surface area contributed by atoms with E-state index in [1.54, 1.807) is 6.26 Å². The molecular formula is C24H34N2O3. The van der Waals surface area contributed by atoms with Gasteiger partial charge < -0.3 is 4.42 Å². The molecule has 1 aromatic rings. The molecule has 3 aliphatic rings. The van der Waals surface area contributed by atoms with Crippen LogP contribution in [0.1, 0.15) is 82.9 Å². The Hall–Kier alpha value is -1.75. The monoisotopic (exact) mass is 398 g/mol. The summed E-state index contributed by atoms with van der Waals surface area (Å²) in [5.41, 5.74) is 0.646. The Bertz CT molecular complexity index is 720. The highest BCUT2D eigenvalue weighted by atomic mass is 16.3. The second-order valence-electron chi connectivity index (χ2n) is 9.39. The number of likely N-dealkylation sites (tertiary alicyclic amines) is 1. The summed E-state index contributed by atoms with van der Waals surface area (Å²) < 4.78 is 5.70. The van der Waals surface area contributed by atoms with Gasteiger partial charge in [0.2, 0.25) is 0 Å². The number of hydrogen-bond donors (Lipinski definition) is 0. The Morgan fingerprint density at radius 1 is 1.10 bits per heavy atom. The number of nitrogens with zero attached hydrogens (tertiary/aromatic N) is 2. The van der Waals surface area contributed by atoms with Crippen LogP contribution in [-0.2, 0) is 9.59 Å². The summed E-state index contributed by atoms with van der Waals surface area (Å²) in [7, 11) is 0. The number of piperidine rings is 1. The first-order chi connectivity index (χ1) is 14.1. The number of rotatable bonds is 5. The molecule has 29 heavy (non-hydrogen) atoms. The molecule has 1 aliphatic heterocycles. The van der Waals surface area contributed by atoms with Crippen molar-refractivity contribution in [3.05, 3.63) is 24.2 Å². The topological polar surface area (TPSA) is 62.9 Å². The lowest BCUT2D eigenvalue weighted by molar-refractivity contribution is -0.138. The van der Waals surface area contributed by atoms with Gasteiger partial charge in [0.15, 0.2) is 0 Å². The first-order valence-corrected chi connectivity index (χ1v) is 11.4. The lowest BCUT2D eigenvalue weighted by Crippen LogP contribution is -2.44. The summed E-state index contributed by atoms with van der Waals surface area (Å²) >= 11 is 0. The maximum Gasteiger partial charge on any atom is 0.149 e. The van der Waals surface area contributed by atoms with E-state index in [-0.39, 0.29) is 23.0 Å². The summed E-state index contributed by atoms with van der Waals surface area (Å²) in [6.07, 6.45) is 12.1. The minimum absolute atomic E-state index is 0.0479. The first-order valence-electron chi connectivity index (χ1n) is 11.4. The molecule has 0 unspecified atom stereocenters. The van der Waals surface area contributed by atoms with Crippen LogP contribution in [0.4, 0.5) is 0 Å². The van der Waals surface area contributed by atoms with Crippen molar-refractivity contribution in [2.24, 2.45) is 16.3 Å². The summed E-state index contributed by atoms with van der Waals surface area (Å²) in [5.74, 6) is 0.487. The summed E-state index contributed by atoms with van der Waals surface area (Å²) in [4.78, 5) is 33.1. The van der Waals surface area contributed by atoms with E-state index in [1.165, 1.54) is 25.7 Å². The number of ketones is 2. The standard InChI is InChI=1S/C24H34N2O3/c1-18(23-20(27)15-24(16-21(23)28)10-4-2-5-11-24)25-17-19(22-9-8-14-29-22)26-12-6-3-7-13-26/h8-9,14,19,23H,2-7,10-13,15-17H2,1H3/t19-/m1/s1. The van der Waals surface area contributed by atoms with Gasteiger partial charge in [0.25, 0.3) is 0 Å². The molecule has 0 bridgehead atoms. The quantitative estimate of drug-likeness (QED) is 0.530. The van der Waals surface area contributed by atoms with E-state index < -0.39 is 5.92 Å². The van der Waals surface area contributed by atoms with Gasteiger partial charge in [0.1, 0.15) is 23.2 Å². The predicted molar refractivity (Wildman–Crippen MR) is 113 cm³/mol. The highest BCUT2D eigenvalue weighted by molar-refractivity contribution is 6.21. The molecule has 1 aromatic heterocycles. The van der Waals surface area contributed by atoms with E-state index in [4.69, 9.17) is 9.41 Å². The van der Waals surface area contributed by atoms with Crippen LogP contribution < -0.4 is 0 Å². The molecule has 0 amide bonds. The van der Waals surface area contributed by atoms with Crippen molar-refractivity contribution >= 4 is 17.3 Å². The molecule has 1 atom stereocenters. The molecule has 0 N–H and O–H groups in total. The SMILES string of the molecule is CC(=NC[C@H](c1ccco1)N1CCCCC1)C1C(=O)CC2(CCCCC2)CC1=O. The van der Waals surface area contributed by atoms with Gasteiger partial charge >= 0.3 is 0 Å². The normalized spacial score (nSPS) is 25.5. The van der Waals surface area contributed by atoms with Crippen molar-refractivity contribution in [1.82, 2.24) is 4.90 Å². The molecule has 5 heteroatoms. The number of carbonyl (C=O) groups excluding carboxylic acids is 2. The molecule has 1 saturated heterocycles. The van der Waals surface area contributed by atoms with Crippen molar-refractivity contribution in [3.63, 3.8) is 0 Å². The molecule has 0 radical (unpaired) electrons. The third-order valence-corrected chi connectivity index (χ3v) is 7.29. The fourth-order valence-electron chi connectivity index (χ4n) is 5.72. The van der Waals surface area contributed by atoms with Crippen molar-refractivity contribution < 1.29 is 14.0 Å². The highest BCUT2D eigenvalue weighted by Crippen LogP contribution is 2.46.